The maximum Gasteiger partial charge on any atom is 0.152 e. The van der Waals surface area contributed by atoms with Crippen molar-refractivity contribution in [3.05, 3.63) is 58.8 Å². The molecule has 0 unspecified atom stereocenters. The molecule has 3 rings (SSSR count). The molecule has 3 aromatic rings. The fourth-order valence-electron chi connectivity index (χ4n) is 5.36. The van der Waals surface area contributed by atoms with Gasteiger partial charge in [-0.15, -0.1) is 15.7 Å². The van der Waals surface area contributed by atoms with E-state index in [2.05, 4.69) is 91.8 Å². The van der Waals surface area contributed by atoms with Crippen molar-refractivity contribution in [1.82, 2.24) is 10.2 Å². The van der Waals surface area contributed by atoms with Gasteiger partial charge in [-0.1, -0.05) is 141 Å². The number of unbranched alkanes of at least 4 members (excludes halogenated alkanes) is 13. The van der Waals surface area contributed by atoms with Gasteiger partial charge in [-0.05, 0) is 61.6 Å². The second-order valence-electron chi connectivity index (χ2n) is 14.1. The largest absolute Gasteiger partial charge is 0.494 e. The Morgan fingerprint density at radius 2 is 1.27 bits per heavy atom. The topological polar surface area (TPSA) is 44.2 Å². The Hall–Kier alpha value is -3.72. The summed E-state index contributed by atoms with van der Waals surface area (Å²) < 4.78 is 12.6. The molecule has 0 aliphatic rings. The van der Waals surface area contributed by atoms with E-state index in [1.807, 2.05) is 30.3 Å². The number of ether oxygens (including phenoxy) is 2. The normalized spacial score (nSPS) is 10.8. The van der Waals surface area contributed by atoms with E-state index < -0.39 is 8.07 Å². The molecule has 0 bridgehead atoms. The lowest BCUT2D eigenvalue weighted by Gasteiger charge is -2.11. The minimum Gasteiger partial charge on any atom is -0.494 e. The molecule has 1 heterocycles. The van der Waals surface area contributed by atoms with Crippen LogP contribution in [0.5, 0.6) is 11.5 Å². The van der Waals surface area contributed by atoms with Gasteiger partial charge >= 0.3 is 0 Å². The van der Waals surface area contributed by atoms with Crippen molar-refractivity contribution in [2.45, 2.75) is 143 Å². The first-order valence-electron chi connectivity index (χ1n) is 19.1. The second kappa shape index (κ2) is 22.8. The summed E-state index contributed by atoms with van der Waals surface area (Å²) in [7, 11) is -1.54. The predicted molar refractivity (Wildman–Crippen MR) is 211 cm³/mol. The molecule has 0 saturated carbocycles. The summed E-state index contributed by atoms with van der Waals surface area (Å²) in [6.45, 7) is 14.9. The summed E-state index contributed by atoms with van der Waals surface area (Å²) >= 11 is 0. The van der Waals surface area contributed by atoms with Crippen molar-refractivity contribution in [3.8, 4) is 46.6 Å². The number of benzene rings is 2. The average Bonchev–Trinajstić information content (AvgIpc) is 3.09. The average molecular weight is 677 g/mol. The zero-order valence-electron chi connectivity index (χ0n) is 31.4. The van der Waals surface area contributed by atoms with Crippen LogP contribution in [0, 0.1) is 35.1 Å². The molecule has 0 aliphatic carbocycles. The quantitative estimate of drug-likeness (QED) is 0.0720. The molecule has 1 aromatic heterocycles. The summed E-state index contributed by atoms with van der Waals surface area (Å²) in [5, 5.41) is 10.0. The van der Waals surface area contributed by atoms with Crippen LogP contribution in [0.4, 0.5) is 0 Å². The molecule has 0 aliphatic heterocycles. The van der Waals surface area contributed by atoms with E-state index in [0.717, 1.165) is 64.8 Å². The lowest BCUT2D eigenvalue weighted by molar-refractivity contribution is 0.295. The van der Waals surface area contributed by atoms with Crippen LogP contribution >= 0.6 is 0 Å². The number of aromatic nitrogens is 2. The van der Waals surface area contributed by atoms with E-state index in [0.29, 0.717) is 18.9 Å². The molecule has 0 atom stereocenters. The zero-order valence-corrected chi connectivity index (χ0v) is 32.4. The smallest absolute Gasteiger partial charge is 0.152 e. The molecule has 49 heavy (non-hydrogen) atoms. The van der Waals surface area contributed by atoms with Crippen LogP contribution in [-0.2, 0) is 0 Å². The number of hydrogen-bond donors (Lipinski definition) is 0. The van der Waals surface area contributed by atoms with E-state index >= 15 is 0 Å². The molecule has 0 saturated heterocycles. The van der Waals surface area contributed by atoms with E-state index in [1.54, 1.807) is 0 Å². The van der Waals surface area contributed by atoms with Gasteiger partial charge in [0.15, 0.2) is 5.69 Å². The van der Waals surface area contributed by atoms with Crippen molar-refractivity contribution >= 4 is 19.0 Å². The van der Waals surface area contributed by atoms with Gasteiger partial charge in [0, 0.05) is 17.4 Å². The number of hydrogen-bond acceptors (Lipinski definition) is 4. The molecular weight excluding hydrogens is 617 g/mol. The van der Waals surface area contributed by atoms with Crippen molar-refractivity contribution < 1.29 is 9.47 Å². The maximum absolute atomic E-state index is 6.34. The summed E-state index contributed by atoms with van der Waals surface area (Å²) in [6.07, 6.45) is 19.0. The van der Waals surface area contributed by atoms with Gasteiger partial charge < -0.3 is 9.47 Å². The third-order valence-electron chi connectivity index (χ3n) is 8.25. The Bertz CT molecular complexity index is 1620. The van der Waals surface area contributed by atoms with Gasteiger partial charge in [0.2, 0.25) is 0 Å². The minimum atomic E-state index is -1.54. The highest BCUT2D eigenvalue weighted by atomic mass is 28.3. The van der Waals surface area contributed by atoms with Crippen LogP contribution in [-0.4, -0.2) is 31.5 Å². The fourth-order valence-corrected chi connectivity index (χ4v) is 5.87. The van der Waals surface area contributed by atoms with E-state index in [-0.39, 0.29) is 0 Å². The van der Waals surface area contributed by atoms with Gasteiger partial charge in [-0.2, -0.15) is 0 Å². The Kier molecular flexibility index (Phi) is 18.5. The minimum absolute atomic E-state index is 0.608. The molecule has 0 fully saturated rings. The van der Waals surface area contributed by atoms with Gasteiger partial charge in [0.25, 0.3) is 0 Å². The van der Waals surface area contributed by atoms with E-state index in [9.17, 15) is 0 Å². The molecular formula is C44H60N2O2Si. The van der Waals surface area contributed by atoms with Gasteiger partial charge in [0.1, 0.15) is 19.6 Å². The van der Waals surface area contributed by atoms with Crippen LogP contribution in [0.15, 0.2) is 36.4 Å². The summed E-state index contributed by atoms with van der Waals surface area (Å²) in [6, 6.07) is 12.2. The van der Waals surface area contributed by atoms with E-state index in [1.165, 1.54) is 77.0 Å². The molecule has 0 spiro atoms. The third-order valence-corrected chi connectivity index (χ3v) is 9.12. The summed E-state index contributed by atoms with van der Waals surface area (Å²) in [5.41, 5.74) is 7.44. The lowest BCUT2D eigenvalue weighted by Crippen LogP contribution is -2.16. The first-order valence-corrected chi connectivity index (χ1v) is 22.6. The first kappa shape index (κ1) is 39.7. The van der Waals surface area contributed by atoms with Gasteiger partial charge in [-0.25, -0.2) is 0 Å². The highest BCUT2D eigenvalue weighted by Gasteiger charge is 2.11. The van der Waals surface area contributed by atoms with Crippen molar-refractivity contribution in [2.24, 2.45) is 0 Å². The second-order valence-corrected chi connectivity index (χ2v) is 18.8. The molecule has 0 N–H and O–H groups in total. The Labute approximate surface area is 299 Å². The van der Waals surface area contributed by atoms with Crippen LogP contribution < -0.4 is 9.47 Å². The first-order chi connectivity index (χ1) is 23.8. The van der Waals surface area contributed by atoms with Crippen LogP contribution in [0.1, 0.15) is 146 Å². The number of fused-ring (bicyclic) bond motifs is 1. The highest BCUT2D eigenvalue weighted by Crippen LogP contribution is 2.26. The standard InChI is InChI=1S/C44H60N2O2Si/c1-7-10-13-16-19-22-32-47-39-27-30-44(48-33-23-20-17-14-11-8-2)38(36-39)26-28-40-41-35-37(31-34-49(4,5)6)25-29-43(41)46-45-42(40)24-21-18-15-12-9-3/h25,27,29-30,35-36H,7-20,22-23,32-33H2,1-6H3. The van der Waals surface area contributed by atoms with Crippen LogP contribution in [0.25, 0.3) is 10.9 Å². The van der Waals surface area contributed by atoms with Crippen LogP contribution in [0.2, 0.25) is 19.6 Å². The summed E-state index contributed by atoms with van der Waals surface area (Å²) in [4.78, 5) is 0. The third kappa shape index (κ3) is 15.6. The Morgan fingerprint density at radius 1 is 0.612 bits per heavy atom. The molecule has 4 nitrogen and oxygen atoms in total. The van der Waals surface area contributed by atoms with Gasteiger partial charge in [-0.3, -0.25) is 0 Å². The molecule has 0 radical (unpaired) electrons. The van der Waals surface area contributed by atoms with Crippen molar-refractivity contribution in [3.63, 3.8) is 0 Å². The molecule has 2 aromatic carbocycles. The van der Waals surface area contributed by atoms with Crippen molar-refractivity contribution in [1.29, 1.82) is 0 Å². The Morgan fingerprint density at radius 3 is 1.96 bits per heavy atom. The number of rotatable bonds is 19. The maximum atomic E-state index is 6.34. The monoisotopic (exact) mass is 676 g/mol. The number of nitrogens with zero attached hydrogens (tertiary/aromatic N) is 2. The molecule has 262 valence electrons. The highest BCUT2D eigenvalue weighted by molar-refractivity contribution is 6.83. The zero-order chi connectivity index (χ0) is 35.2. The van der Waals surface area contributed by atoms with E-state index in [4.69, 9.17) is 9.47 Å². The SMILES string of the molecule is CCCCCC#Cc1nnc2ccc(C#C[Si](C)(C)C)cc2c1C#Cc1cc(OCCCCCCCC)ccc1OCCCCCCCC. The fraction of sp³-hybridized carbons (Fsp3) is 0.545. The lowest BCUT2D eigenvalue weighted by atomic mass is 10.0. The Balaban J connectivity index is 1.97. The van der Waals surface area contributed by atoms with Crippen LogP contribution in [0.3, 0.4) is 0 Å². The summed E-state index contributed by atoms with van der Waals surface area (Å²) in [5.74, 6) is 18.6. The van der Waals surface area contributed by atoms with Gasteiger partial charge in [0.05, 0.1) is 29.9 Å². The van der Waals surface area contributed by atoms with Crippen molar-refractivity contribution in [2.75, 3.05) is 13.2 Å². The molecule has 5 heteroatoms. The predicted octanol–water partition coefficient (Wildman–Crippen LogP) is 11.7. The molecule has 0 amide bonds.